The Kier molecular flexibility index (Phi) is 5.08. The Bertz CT molecular complexity index is 847. The van der Waals surface area contributed by atoms with E-state index in [-0.39, 0.29) is 11.5 Å². The number of nitrogens with zero attached hydrogens (tertiary/aromatic N) is 2. The van der Waals surface area contributed by atoms with Gasteiger partial charge in [-0.1, -0.05) is 54.5 Å². The average molecular weight is 425 g/mol. The summed E-state index contributed by atoms with van der Waals surface area (Å²) in [6, 6.07) is 4.96. The summed E-state index contributed by atoms with van der Waals surface area (Å²) in [6.07, 6.45) is 3.96. The molecule has 3 aliphatic carbocycles. The molecule has 2 bridgehead atoms. The zero-order chi connectivity index (χ0) is 19.2. The van der Waals surface area contributed by atoms with E-state index in [1.165, 1.54) is 30.6 Å². The Morgan fingerprint density at radius 1 is 1.22 bits per heavy atom. The lowest BCUT2D eigenvalue weighted by Crippen LogP contribution is -2.53. The molecule has 0 spiro atoms. The summed E-state index contributed by atoms with van der Waals surface area (Å²) in [6.45, 7) is 5.70. The first kappa shape index (κ1) is 19.0. The van der Waals surface area contributed by atoms with Gasteiger partial charge in [0.25, 0.3) is 5.91 Å². The van der Waals surface area contributed by atoms with E-state index in [9.17, 15) is 4.79 Å². The van der Waals surface area contributed by atoms with Gasteiger partial charge >= 0.3 is 0 Å². The van der Waals surface area contributed by atoms with Crippen molar-refractivity contribution in [2.75, 3.05) is 17.2 Å². The van der Waals surface area contributed by atoms with Crippen LogP contribution in [0.1, 0.15) is 43.5 Å². The van der Waals surface area contributed by atoms with Crippen LogP contribution in [-0.4, -0.2) is 22.6 Å². The maximum atomic E-state index is 12.4. The quantitative estimate of drug-likeness (QED) is 0.656. The highest BCUT2D eigenvalue weighted by Gasteiger charge is 2.53. The van der Waals surface area contributed by atoms with E-state index < -0.39 is 0 Å². The smallest absolute Gasteiger partial charge is 0.260 e. The van der Waals surface area contributed by atoms with Crippen LogP contribution in [0.5, 0.6) is 0 Å². The SMILES string of the molecule is CC1(C)C2CC[C@@H](CNc3nnc(NC(=O)c4c(Cl)cccc4Cl)s3)C1C2. The number of hydrogen-bond donors (Lipinski definition) is 2. The summed E-state index contributed by atoms with van der Waals surface area (Å²) < 4.78 is 0. The van der Waals surface area contributed by atoms with E-state index in [0.29, 0.717) is 26.5 Å². The minimum absolute atomic E-state index is 0.245. The van der Waals surface area contributed by atoms with Crippen LogP contribution in [0, 0.1) is 23.2 Å². The number of hydrogen-bond acceptors (Lipinski definition) is 5. The maximum absolute atomic E-state index is 12.4. The average Bonchev–Trinajstić information content (AvgIpc) is 3.07. The molecule has 2 unspecified atom stereocenters. The maximum Gasteiger partial charge on any atom is 0.260 e. The Hall–Kier alpha value is -1.37. The molecule has 27 heavy (non-hydrogen) atoms. The van der Waals surface area contributed by atoms with Crippen molar-refractivity contribution in [3.8, 4) is 0 Å². The van der Waals surface area contributed by atoms with Gasteiger partial charge in [0.2, 0.25) is 10.3 Å². The molecule has 2 N–H and O–H groups in total. The van der Waals surface area contributed by atoms with Crippen LogP contribution in [0.25, 0.3) is 0 Å². The summed E-state index contributed by atoms with van der Waals surface area (Å²) in [5.41, 5.74) is 0.716. The van der Waals surface area contributed by atoms with Crippen LogP contribution in [0.4, 0.5) is 10.3 Å². The fourth-order valence-electron chi connectivity index (χ4n) is 4.64. The van der Waals surface area contributed by atoms with Crippen LogP contribution in [0.3, 0.4) is 0 Å². The van der Waals surface area contributed by atoms with Crippen molar-refractivity contribution in [1.29, 1.82) is 0 Å². The van der Waals surface area contributed by atoms with E-state index in [1.807, 2.05) is 0 Å². The fraction of sp³-hybridized carbons (Fsp3) is 0.526. The molecule has 8 heteroatoms. The second-order valence-electron chi connectivity index (χ2n) is 8.04. The Labute approximate surface area is 172 Å². The van der Waals surface area contributed by atoms with E-state index in [2.05, 4.69) is 34.7 Å². The largest absolute Gasteiger partial charge is 0.360 e. The molecule has 3 fully saturated rings. The highest BCUT2D eigenvalue weighted by Crippen LogP contribution is 2.61. The van der Waals surface area contributed by atoms with Gasteiger partial charge in [0, 0.05) is 6.54 Å². The number of fused-ring (bicyclic) bond motifs is 2. The predicted molar refractivity (Wildman–Crippen MR) is 111 cm³/mol. The van der Waals surface area contributed by atoms with Crippen molar-refractivity contribution < 1.29 is 4.79 Å². The Morgan fingerprint density at radius 2 is 1.93 bits per heavy atom. The number of carbonyl (C=O) groups excluding carboxylic acids is 1. The summed E-state index contributed by atoms with van der Waals surface area (Å²) in [5.74, 6) is 1.98. The number of amides is 1. The molecule has 1 heterocycles. The molecule has 3 saturated carbocycles. The van der Waals surface area contributed by atoms with Crippen molar-refractivity contribution in [3.63, 3.8) is 0 Å². The zero-order valence-electron chi connectivity index (χ0n) is 15.3. The number of nitrogens with one attached hydrogen (secondary N) is 2. The summed E-state index contributed by atoms with van der Waals surface area (Å²) in [5, 5.41) is 16.1. The monoisotopic (exact) mass is 424 g/mol. The van der Waals surface area contributed by atoms with Gasteiger partial charge in [-0.05, 0) is 54.6 Å². The molecular weight excluding hydrogens is 403 g/mol. The lowest BCUT2D eigenvalue weighted by Gasteiger charge is -2.60. The number of aromatic nitrogens is 2. The molecule has 1 aromatic carbocycles. The fourth-order valence-corrected chi connectivity index (χ4v) is 5.86. The highest BCUT2D eigenvalue weighted by atomic mass is 35.5. The van der Waals surface area contributed by atoms with Gasteiger partial charge in [0.15, 0.2) is 0 Å². The molecule has 2 aromatic rings. The third-order valence-corrected chi connectivity index (χ3v) is 7.78. The van der Waals surface area contributed by atoms with Gasteiger partial charge in [-0.25, -0.2) is 0 Å². The van der Waals surface area contributed by atoms with Crippen molar-refractivity contribution >= 4 is 50.7 Å². The van der Waals surface area contributed by atoms with Crippen molar-refractivity contribution in [1.82, 2.24) is 10.2 Å². The number of benzene rings is 1. The molecule has 1 aromatic heterocycles. The molecule has 3 atom stereocenters. The summed E-state index contributed by atoms with van der Waals surface area (Å²) in [4.78, 5) is 12.4. The minimum Gasteiger partial charge on any atom is -0.360 e. The van der Waals surface area contributed by atoms with Crippen molar-refractivity contribution in [3.05, 3.63) is 33.8 Å². The van der Waals surface area contributed by atoms with Gasteiger partial charge < -0.3 is 5.32 Å². The molecule has 0 aliphatic heterocycles. The van der Waals surface area contributed by atoms with Gasteiger partial charge in [-0.15, -0.1) is 10.2 Å². The molecule has 1 amide bonds. The molecular formula is C19H22Cl2N4OS. The zero-order valence-corrected chi connectivity index (χ0v) is 17.6. The molecule has 3 aliphatic rings. The number of anilines is 2. The van der Waals surface area contributed by atoms with Gasteiger partial charge in [-0.2, -0.15) is 0 Å². The number of halogens is 2. The summed E-state index contributed by atoms with van der Waals surface area (Å²) >= 11 is 13.5. The van der Waals surface area contributed by atoms with E-state index in [0.717, 1.165) is 23.5 Å². The second-order valence-corrected chi connectivity index (χ2v) is 9.83. The first-order valence-electron chi connectivity index (χ1n) is 9.19. The van der Waals surface area contributed by atoms with Gasteiger partial charge in [0.05, 0.1) is 15.6 Å². The third-order valence-electron chi connectivity index (χ3n) is 6.35. The normalized spacial score (nSPS) is 25.6. The van der Waals surface area contributed by atoms with E-state index in [1.54, 1.807) is 18.2 Å². The predicted octanol–water partition coefficient (Wildman–Crippen LogP) is 5.58. The van der Waals surface area contributed by atoms with E-state index >= 15 is 0 Å². The molecule has 0 radical (unpaired) electrons. The van der Waals surface area contributed by atoms with Crippen molar-refractivity contribution in [2.24, 2.45) is 23.2 Å². The van der Waals surface area contributed by atoms with E-state index in [4.69, 9.17) is 23.2 Å². The number of carbonyl (C=O) groups is 1. The van der Waals surface area contributed by atoms with Gasteiger partial charge in [-0.3, -0.25) is 10.1 Å². The van der Waals surface area contributed by atoms with Crippen LogP contribution < -0.4 is 10.6 Å². The van der Waals surface area contributed by atoms with Crippen LogP contribution in [-0.2, 0) is 0 Å². The molecule has 144 valence electrons. The van der Waals surface area contributed by atoms with Crippen molar-refractivity contribution in [2.45, 2.75) is 33.1 Å². The molecule has 5 nitrogen and oxygen atoms in total. The summed E-state index contributed by atoms with van der Waals surface area (Å²) in [7, 11) is 0. The third kappa shape index (κ3) is 3.55. The van der Waals surface area contributed by atoms with Crippen LogP contribution in [0.15, 0.2) is 18.2 Å². The van der Waals surface area contributed by atoms with Gasteiger partial charge in [0.1, 0.15) is 0 Å². The first-order valence-corrected chi connectivity index (χ1v) is 10.8. The molecule has 5 rings (SSSR count). The second kappa shape index (κ2) is 7.22. The lowest BCUT2D eigenvalue weighted by molar-refractivity contribution is -0.100. The lowest BCUT2D eigenvalue weighted by atomic mass is 9.45. The highest BCUT2D eigenvalue weighted by molar-refractivity contribution is 7.19. The Morgan fingerprint density at radius 3 is 2.59 bits per heavy atom. The first-order chi connectivity index (χ1) is 12.9. The molecule has 0 saturated heterocycles. The Balaban J connectivity index is 1.36. The van der Waals surface area contributed by atoms with Crippen LogP contribution >= 0.6 is 34.5 Å². The standard InChI is InChI=1S/C19H22Cl2N4OS/c1-19(2)11-7-6-10(12(19)8-11)9-22-17-24-25-18(27-17)23-16(26)15-13(20)4-3-5-14(15)21/h3-5,10-12H,6-9H2,1-2H3,(H,22,24)(H,23,25,26)/t10-,11?,12?/m0/s1. The number of rotatable bonds is 5. The van der Waals surface area contributed by atoms with Crippen LogP contribution in [0.2, 0.25) is 10.0 Å². The topological polar surface area (TPSA) is 66.9 Å². The minimum atomic E-state index is -0.386.